The standard InChI is InChI=1S/2C15H23O3P.Ni/c2*1-2-3-4-5-6-7-8-9-14-10-12-15(13-11-14)18-19(16)17;/h2*10-13H,2-9H2,1H3;/q;;+2. The first-order chi connectivity index (χ1) is 18.4. The average molecular weight is 623 g/mol. The zero-order chi connectivity index (χ0) is 27.8. The van der Waals surface area contributed by atoms with Gasteiger partial charge in [0.2, 0.25) is 0 Å². The molecule has 0 aliphatic rings. The van der Waals surface area contributed by atoms with Gasteiger partial charge in [-0.2, -0.15) is 0 Å². The van der Waals surface area contributed by atoms with Crippen molar-refractivity contribution in [1.29, 1.82) is 0 Å². The topological polar surface area (TPSA) is 98.7 Å². The van der Waals surface area contributed by atoms with Crippen LogP contribution >= 0.6 is 16.5 Å². The van der Waals surface area contributed by atoms with Crippen LogP contribution in [0.4, 0.5) is 0 Å². The molecule has 0 heterocycles. The summed E-state index contributed by atoms with van der Waals surface area (Å²) >= 11 is 0. The number of hydrogen-bond acceptors (Lipinski definition) is 6. The summed E-state index contributed by atoms with van der Waals surface area (Å²) in [6.45, 7) is 4.47. The molecule has 0 saturated carbocycles. The molecule has 0 fully saturated rings. The van der Waals surface area contributed by atoms with E-state index in [9.17, 15) is 18.9 Å². The van der Waals surface area contributed by atoms with Gasteiger partial charge >= 0.3 is 33.0 Å². The van der Waals surface area contributed by atoms with Crippen molar-refractivity contribution < 1.29 is 44.5 Å². The Kier molecular flexibility index (Phi) is 24.7. The van der Waals surface area contributed by atoms with Crippen molar-refractivity contribution in [1.82, 2.24) is 0 Å². The first kappa shape index (κ1) is 37.7. The van der Waals surface area contributed by atoms with Gasteiger partial charge in [0.1, 0.15) is 0 Å². The van der Waals surface area contributed by atoms with Gasteiger partial charge in [-0.1, -0.05) is 115 Å². The number of hydrogen-bond donors (Lipinski definition) is 0. The van der Waals surface area contributed by atoms with Crippen molar-refractivity contribution in [3.8, 4) is 11.5 Å². The van der Waals surface area contributed by atoms with Gasteiger partial charge in [0.15, 0.2) is 11.5 Å². The molecule has 220 valence electrons. The molecule has 0 aliphatic carbocycles. The van der Waals surface area contributed by atoms with Gasteiger partial charge in [-0.3, -0.25) is 9.05 Å². The molecule has 0 bridgehead atoms. The van der Waals surface area contributed by atoms with Crippen LogP contribution < -0.4 is 18.8 Å². The van der Waals surface area contributed by atoms with E-state index >= 15 is 0 Å². The minimum atomic E-state index is -2.81. The molecular formula is C30H46NiO6P2+2. The molecule has 0 N–H and O–H groups in total. The van der Waals surface area contributed by atoms with E-state index in [0.29, 0.717) is 11.5 Å². The monoisotopic (exact) mass is 622 g/mol. The predicted molar refractivity (Wildman–Crippen MR) is 153 cm³/mol. The van der Waals surface area contributed by atoms with Crippen LogP contribution in [0.15, 0.2) is 48.5 Å². The normalized spacial score (nSPS) is 11.1. The Bertz CT molecular complexity index is 805. The first-order valence-corrected chi connectivity index (χ1v) is 16.5. The van der Waals surface area contributed by atoms with Crippen molar-refractivity contribution >= 4 is 16.5 Å². The summed E-state index contributed by atoms with van der Waals surface area (Å²) in [4.78, 5) is 20.8. The molecule has 0 aliphatic heterocycles. The number of unbranched alkanes of at least 4 members (excludes halogenated alkanes) is 12. The molecule has 0 aromatic heterocycles. The SMILES string of the molecule is CCCCCCCCCc1ccc(O[P+](=O)[O-])cc1.CCCCCCCCCc1ccc(O[P+](=O)[O-])cc1.[Ni+2]. The van der Waals surface area contributed by atoms with Crippen molar-refractivity contribution in [3.05, 3.63) is 59.7 Å². The zero-order valence-electron chi connectivity index (χ0n) is 23.6. The molecule has 2 unspecified atom stereocenters. The Morgan fingerprint density at radius 3 is 1.08 bits per heavy atom. The quantitative estimate of drug-likeness (QED) is 0.0831. The molecule has 39 heavy (non-hydrogen) atoms. The van der Waals surface area contributed by atoms with Crippen LogP contribution in [0.25, 0.3) is 0 Å². The molecule has 2 aromatic carbocycles. The molecule has 2 rings (SSSR count). The number of benzene rings is 2. The van der Waals surface area contributed by atoms with Gasteiger partial charge in [-0.05, 0) is 70.2 Å². The van der Waals surface area contributed by atoms with E-state index in [0.717, 1.165) is 12.8 Å². The molecule has 2 aromatic rings. The van der Waals surface area contributed by atoms with Crippen molar-refractivity contribution in [3.63, 3.8) is 0 Å². The van der Waals surface area contributed by atoms with E-state index < -0.39 is 16.5 Å². The molecule has 0 spiro atoms. The van der Waals surface area contributed by atoms with Gasteiger partial charge in [0.05, 0.1) is 0 Å². The number of aryl methyl sites for hydroxylation is 2. The Labute approximate surface area is 248 Å². The Balaban J connectivity index is 0.000000722. The van der Waals surface area contributed by atoms with E-state index in [2.05, 4.69) is 22.9 Å². The second kappa shape index (κ2) is 25.6. The van der Waals surface area contributed by atoms with Crippen LogP contribution in [-0.2, 0) is 38.5 Å². The predicted octanol–water partition coefficient (Wildman–Crippen LogP) is 8.75. The maximum absolute atomic E-state index is 10.4. The molecule has 6 nitrogen and oxygen atoms in total. The van der Waals surface area contributed by atoms with Crippen LogP contribution in [-0.4, -0.2) is 0 Å². The summed E-state index contributed by atoms with van der Waals surface area (Å²) in [5.41, 5.74) is 2.48. The fourth-order valence-electron chi connectivity index (χ4n) is 4.18. The maximum Gasteiger partial charge on any atom is 2.00 e. The minimum Gasteiger partial charge on any atom is -0.558 e. The fourth-order valence-corrected chi connectivity index (χ4v) is 4.77. The van der Waals surface area contributed by atoms with Crippen LogP contribution in [0.5, 0.6) is 11.5 Å². The Morgan fingerprint density at radius 2 is 0.795 bits per heavy atom. The number of rotatable bonds is 20. The second-order valence-electron chi connectivity index (χ2n) is 9.66. The van der Waals surface area contributed by atoms with Gasteiger partial charge < -0.3 is 9.79 Å². The molecule has 9 heteroatoms. The van der Waals surface area contributed by atoms with Gasteiger partial charge in [0.25, 0.3) is 0 Å². The van der Waals surface area contributed by atoms with Gasteiger partial charge in [0, 0.05) is 0 Å². The Morgan fingerprint density at radius 1 is 0.513 bits per heavy atom. The third kappa shape index (κ3) is 22.1. The van der Waals surface area contributed by atoms with Crippen LogP contribution in [0.3, 0.4) is 0 Å². The van der Waals surface area contributed by atoms with E-state index in [1.54, 1.807) is 24.3 Å². The molecule has 0 saturated heterocycles. The summed E-state index contributed by atoms with van der Waals surface area (Å²) in [7, 11) is -5.62. The largest absolute Gasteiger partial charge is 2.00 e. The Hall–Kier alpha value is -1.35. The third-order valence-electron chi connectivity index (χ3n) is 6.34. The summed E-state index contributed by atoms with van der Waals surface area (Å²) in [6, 6.07) is 14.6. The smallest absolute Gasteiger partial charge is 0.558 e. The average Bonchev–Trinajstić information content (AvgIpc) is 2.89. The molecule has 2 atom stereocenters. The first-order valence-electron chi connectivity index (χ1n) is 14.3. The summed E-state index contributed by atoms with van der Waals surface area (Å²) < 4.78 is 30.0. The van der Waals surface area contributed by atoms with E-state index in [4.69, 9.17) is 0 Å². The molecule has 0 radical (unpaired) electrons. The van der Waals surface area contributed by atoms with Crippen molar-refractivity contribution in [2.45, 2.75) is 117 Å². The van der Waals surface area contributed by atoms with Crippen molar-refractivity contribution in [2.75, 3.05) is 0 Å². The second-order valence-corrected chi connectivity index (χ2v) is 10.9. The maximum atomic E-state index is 10.4. The van der Waals surface area contributed by atoms with E-state index in [-0.39, 0.29) is 16.5 Å². The third-order valence-corrected chi connectivity index (χ3v) is 7.06. The molecule has 0 amide bonds. The summed E-state index contributed by atoms with van der Waals surface area (Å²) in [5, 5.41) is 0. The fraction of sp³-hybridized carbons (Fsp3) is 0.600. The summed E-state index contributed by atoms with van der Waals surface area (Å²) in [6.07, 6.45) is 20.4. The summed E-state index contributed by atoms with van der Waals surface area (Å²) in [5.74, 6) is 0.777. The van der Waals surface area contributed by atoms with Crippen LogP contribution in [0, 0.1) is 0 Å². The van der Waals surface area contributed by atoms with Crippen molar-refractivity contribution in [2.24, 2.45) is 0 Å². The zero-order valence-corrected chi connectivity index (χ0v) is 26.4. The van der Waals surface area contributed by atoms with Gasteiger partial charge in [-0.25, -0.2) is 0 Å². The van der Waals surface area contributed by atoms with E-state index in [1.165, 1.54) is 101 Å². The van der Waals surface area contributed by atoms with Crippen LogP contribution in [0.1, 0.15) is 115 Å². The van der Waals surface area contributed by atoms with E-state index in [1.807, 2.05) is 24.3 Å². The molecular weight excluding hydrogens is 577 g/mol. The minimum absolute atomic E-state index is 0. The van der Waals surface area contributed by atoms with Crippen LogP contribution in [0.2, 0.25) is 0 Å². The van der Waals surface area contributed by atoms with Gasteiger partial charge in [-0.15, -0.1) is 0 Å².